The number of nitrogens with zero attached hydrogens (tertiary/aromatic N) is 2. The number of sulfone groups is 1. The number of ether oxygens (including phenoxy) is 2. The summed E-state index contributed by atoms with van der Waals surface area (Å²) in [6.45, 7) is 3.43. The molecule has 3 amide bonds. The number of hydrogen-bond donors (Lipinski definition) is 0. The predicted octanol–water partition coefficient (Wildman–Crippen LogP) is 2.07. The van der Waals surface area contributed by atoms with Gasteiger partial charge in [-0.1, -0.05) is 18.2 Å². The Kier molecular flexibility index (Phi) is 7.63. The first kappa shape index (κ1) is 26.3. The van der Waals surface area contributed by atoms with E-state index >= 15 is 0 Å². The molecule has 2 aliphatic rings. The summed E-state index contributed by atoms with van der Waals surface area (Å²) >= 11 is 0. The van der Waals surface area contributed by atoms with Gasteiger partial charge < -0.3 is 14.4 Å². The molecule has 0 spiro atoms. The van der Waals surface area contributed by atoms with Gasteiger partial charge in [0.05, 0.1) is 35.8 Å². The molecule has 2 heterocycles. The van der Waals surface area contributed by atoms with E-state index in [1.807, 2.05) is 0 Å². The van der Waals surface area contributed by atoms with Crippen LogP contribution < -0.4 is 4.74 Å². The Balaban J connectivity index is 1.47. The zero-order valence-corrected chi connectivity index (χ0v) is 21.5. The van der Waals surface area contributed by atoms with E-state index in [0.717, 1.165) is 4.90 Å². The summed E-state index contributed by atoms with van der Waals surface area (Å²) in [6, 6.07) is 10.8. The standard InChI is InChI=1S/C26H28N2O8S/c1-3-27(18-11-12-37(33,34)16-18)23(29)15-36-26(32)21-13-17(9-10-22(21)35-4-2)14-28-24(30)19-7-5-6-8-20(19)25(28)31/h5-10,13,18H,3-4,11-12,14-16H2,1-2H3. The fourth-order valence-electron chi connectivity index (χ4n) is 4.63. The molecule has 2 aromatic carbocycles. The number of rotatable bonds is 9. The van der Waals surface area contributed by atoms with Crippen LogP contribution in [0.15, 0.2) is 42.5 Å². The van der Waals surface area contributed by atoms with E-state index in [1.54, 1.807) is 50.2 Å². The Labute approximate surface area is 215 Å². The number of fused-ring (bicyclic) bond motifs is 1. The summed E-state index contributed by atoms with van der Waals surface area (Å²) in [7, 11) is -3.18. The van der Waals surface area contributed by atoms with Gasteiger partial charge in [-0.3, -0.25) is 19.3 Å². The minimum Gasteiger partial charge on any atom is -0.493 e. The van der Waals surface area contributed by atoms with Gasteiger partial charge in [0.1, 0.15) is 11.3 Å². The first-order chi connectivity index (χ1) is 17.6. The molecular weight excluding hydrogens is 500 g/mol. The van der Waals surface area contributed by atoms with Gasteiger partial charge >= 0.3 is 5.97 Å². The Hall–Kier alpha value is -3.73. The Morgan fingerprint density at radius 1 is 1.05 bits per heavy atom. The molecule has 11 heteroatoms. The topological polar surface area (TPSA) is 127 Å². The van der Waals surface area contributed by atoms with Crippen LogP contribution in [0.2, 0.25) is 0 Å². The third-order valence-corrected chi connectivity index (χ3v) is 8.17. The predicted molar refractivity (Wildman–Crippen MR) is 133 cm³/mol. The van der Waals surface area contributed by atoms with Crippen LogP contribution in [0.3, 0.4) is 0 Å². The molecule has 4 rings (SSSR count). The number of amides is 3. The van der Waals surface area contributed by atoms with Crippen LogP contribution in [0, 0.1) is 0 Å². The SMILES string of the molecule is CCOc1ccc(CN2C(=O)c3ccccc3C2=O)cc1C(=O)OCC(=O)N(CC)C1CCS(=O)(=O)C1. The third kappa shape index (κ3) is 5.51. The summed E-state index contributed by atoms with van der Waals surface area (Å²) in [5.74, 6) is -1.97. The van der Waals surface area contributed by atoms with Crippen LogP contribution in [0.25, 0.3) is 0 Å². The molecule has 2 aromatic rings. The smallest absolute Gasteiger partial charge is 0.342 e. The van der Waals surface area contributed by atoms with Crippen molar-refractivity contribution in [3.8, 4) is 5.75 Å². The van der Waals surface area contributed by atoms with Gasteiger partial charge in [-0.2, -0.15) is 0 Å². The van der Waals surface area contributed by atoms with Crippen molar-refractivity contribution < 1.29 is 37.1 Å². The zero-order valence-electron chi connectivity index (χ0n) is 20.6. The molecule has 1 atom stereocenters. The van der Waals surface area contributed by atoms with Crippen LogP contribution >= 0.6 is 0 Å². The van der Waals surface area contributed by atoms with Crippen molar-refractivity contribution in [1.29, 1.82) is 0 Å². The van der Waals surface area contributed by atoms with Crippen molar-refractivity contribution in [2.45, 2.75) is 32.9 Å². The van der Waals surface area contributed by atoms with Gasteiger partial charge in [0.25, 0.3) is 17.7 Å². The molecule has 0 aliphatic carbocycles. The highest BCUT2D eigenvalue weighted by atomic mass is 32.2. The van der Waals surface area contributed by atoms with E-state index in [0.29, 0.717) is 23.1 Å². The normalized spacial score (nSPS) is 18.0. The van der Waals surface area contributed by atoms with E-state index < -0.39 is 46.2 Å². The largest absolute Gasteiger partial charge is 0.493 e. The minimum atomic E-state index is -3.18. The number of carbonyl (C=O) groups excluding carboxylic acids is 4. The second kappa shape index (κ2) is 10.7. The van der Waals surface area contributed by atoms with Crippen LogP contribution in [0.4, 0.5) is 0 Å². The summed E-state index contributed by atoms with van der Waals surface area (Å²) in [6.07, 6.45) is 0.351. The van der Waals surface area contributed by atoms with E-state index in [9.17, 15) is 27.6 Å². The molecule has 0 N–H and O–H groups in total. The number of esters is 1. The van der Waals surface area contributed by atoms with Crippen LogP contribution in [0.1, 0.15) is 56.9 Å². The molecular formula is C26H28N2O8S. The van der Waals surface area contributed by atoms with Gasteiger partial charge in [-0.05, 0) is 50.1 Å². The lowest BCUT2D eigenvalue weighted by Crippen LogP contribution is -2.43. The van der Waals surface area contributed by atoms with Crippen molar-refractivity contribution in [2.24, 2.45) is 0 Å². The molecule has 1 unspecified atom stereocenters. The summed E-state index contributed by atoms with van der Waals surface area (Å²) < 4.78 is 34.5. The monoisotopic (exact) mass is 528 g/mol. The second-order valence-corrected chi connectivity index (χ2v) is 11.0. The molecule has 0 aromatic heterocycles. The molecule has 1 fully saturated rings. The Morgan fingerprint density at radius 3 is 2.30 bits per heavy atom. The van der Waals surface area contributed by atoms with Crippen molar-refractivity contribution in [3.63, 3.8) is 0 Å². The fraction of sp³-hybridized carbons (Fsp3) is 0.385. The molecule has 1 saturated heterocycles. The lowest BCUT2D eigenvalue weighted by atomic mass is 10.1. The first-order valence-electron chi connectivity index (χ1n) is 12.0. The van der Waals surface area contributed by atoms with Gasteiger partial charge in [0.2, 0.25) is 0 Å². The van der Waals surface area contributed by atoms with Crippen molar-refractivity contribution in [1.82, 2.24) is 9.80 Å². The lowest BCUT2D eigenvalue weighted by Gasteiger charge is -2.26. The fourth-order valence-corrected chi connectivity index (χ4v) is 6.36. The number of carbonyl (C=O) groups is 4. The number of likely N-dealkylation sites (N-methyl/N-ethyl adjacent to an activating group) is 1. The first-order valence-corrected chi connectivity index (χ1v) is 13.8. The summed E-state index contributed by atoms with van der Waals surface area (Å²) in [5, 5.41) is 0. The molecule has 37 heavy (non-hydrogen) atoms. The minimum absolute atomic E-state index is 0.0266. The van der Waals surface area contributed by atoms with Crippen molar-refractivity contribution in [3.05, 3.63) is 64.7 Å². The van der Waals surface area contributed by atoms with E-state index in [2.05, 4.69) is 0 Å². The van der Waals surface area contributed by atoms with Crippen molar-refractivity contribution >= 4 is 33.5 Å². The highest BCUT2D eigenvalue weighted by Gasteiger charge is 2.36. The molecule has 10 nitrogen and oxygen atoms in total. The van der Waals surface area contributed by atoms with E-state index in [-0.39, 0.29) is 42.5 Å². The highest BCUT2D eigenvalue weighted by molar-refractivity contribution is 7.91. The molecule has 2 aliphatic heterocycles. The van der Waals surface area contributed by atoms with Gasteiger partial charge in [0, 0.05) is 12.6 Å². The lowest BCUT2D eigenvalue weighted by molar-refractivity contribution is -0.136. The van der Waals surface area contributed by atoms with Crippen LogP contribution in [0.5, 0.6) is 5.75 Å². The van der Waals surface area contributed by atoms with E-state index in [1.165, 1.54) is 11.0 Å². The summed E-state index contributed by atoms with van der Waals surface area (Å²) in [4.78, 5) is 53.7. The number of benzene rings is 2. The number of imide groups is 1. The average Bonchev–Trinajstić information content (AvgIpc) is 3.35. The van der Waals surface area contributed by atoms with E-state index in [4.69, 9.17) is 9.47 Å². The second-order valence-electron chi connectivity index (χ2n) is 8.82. The Morgan fingerprint density at radius 2 is 1.73 bits per heavy atom. The average molecular weight is 529 g/mol. The molecule has 196 valence electrons. The zero-order chi connectivity index (χ0) is 26.7. The molecule has 0 saturated carbocycles. The maximum atomic E-state index is 13.0. The van der Waals surface area contributed by atoms with Crippen molar-refractivity contribution in [2.75, 3.05) is 31.3 Å². The quantitative estimate of drug-likeness (QED) is 0.358. The maximum Gasteiger partial charge on any atom is 0.342 e. The summed E-state index contributed by atoms with van der Waals surface area (Å²) in [5.41, 5.74) is 1.21. The number of hydrogen-bond acceptors (Lipinski definition) is 8. The third-order valence-electron chi connectivity index (χ3n) is 6.42. The van der Waals surface area contributed by atoms with Crippen LogP contribution in [-0.2, 0) is 25.9 Å². The highest BCUT2D eigenvalue weighted by Crippen LogP contribution is 2.27. The molecule has 0 radical (unpaired) electrons. The van der Waals surface area contributed by atoms with Gasteiger partial charge in [-0.25, -0.2) is 13.2 Å². The van der Waals surface area contributed by atoms with Gasteiger partial charge in [-0.15, -0.1) is 0 Å². The Bertz CT molecular complexity index is 1320. The van der Waals surface area contributed by atoms with Gasteiger partial charge in [0.15, 0.2) is 16.4 Å². The molecule has 0 bridgehead atoms. The maximum absolute atomic E-state index is 13.0. The van der Waals surface area contributed by atoms with Crippen LogP contribution in [-0.4, -0.2) is 79.2 Å².